The minimum absolute atomic E-state index is 0.372. The topological polar surface area (TPSA) is 48.7 Å². The van der Waals surface area contributed by atoms with Crippen molar-refractivity contribution in [2.45, 2.75) is 0 Å². The number of ether oxygens (including phenoxy) is 2. The van der Waals surface area contributed by atoms with Gasteiger partial charge < -0.3 is 13.9 Å². The van der Waals surface area contributed by atoms with E-state index in [4.69, 9.17) is 13.9 Å². The molecule has 0 N–H and O–H groups in total. The molecule has 0 aliphatic heterocycles. The minimum atomic E-state index is 0.372. The van der Waals surface area contributed by atoms with Gasteiger partial charge in [0, 0.05) is 5.39 Å². The maximum atomic E-state index is 11.0. The van der Waals surface area contributed by atoms with Crippen LogP contribution in [0, 0.1) is 0 Å². The Labute approximate surface area is 86.4 Å². The SMILES string of the molecule is COc1cc2ccoc2c(C=O)c1OC. The Kier molecular flexibility index (Phi) is 2.33. The van der Waals surface area contributed by atoms with E-state index in [1.807, 2.05) is 0 Å². The first-order valence-corrected chi connectivity index (χ1v) is 4.39. The molecule has 0 amide bonds. The van der Waals surface area contributed by atoms with E-state index >= 15 is 0 Å². The fourth-order valence-electron chi connectivity index (χ4n) is 1.56. The van der Waals surface area contributed by atoms with Crippen molar-refractivity contribution in [2.24, 2.45) is 0 Å². The first-order valence-electron chi connectivity index (χ1n) is 4.39. The third-order valence-corrected chi connectivity index (χ3v) is 2.24. The summed E-state index contributed by atoms with van der Waals surface area (Å²) in [5.41, 5.74) is 0.888. The minimum Gasteiger partial charge on any atom is -0.493 e. The monoisotopic (exact) mass is 206 g/mol. The van der Waals surface area contributed by atoms with Crippen LogP contribution in [0.5, 0.6) is 11.5 Å². The highest BCUT2D eigenvalue weighted by atomic mass is 16.5. The van der Waals surface area contributed by atoms with E-state index < -0.39 is 0 Å². The number of rotatable bonds is 3. The van der Waals surface area contributed by atoms with Gasteiger partial charge in [0.15, 0.2) is 17.8 Å². The van der Waals surface area contributed by atoms with Crippen LogP contribution in [-0.2, 0) is 0 Å². The number of aldehydes is 1. The Morgan fingerprint density at radius 1 is 1.33 bits per heavy atom. The molecular weight excluding hydrogens is 196 g/mol. The highest BCUT2D eigenvalue weighted by Crippen LogP contribution is 2.36. The van der Waals surface area contributed by atoms with Crippen LogP contribution in [0.15, 0.2) is 22.8 Å². The molecule has 2 aromatic rings. The first kappa shape index (κ1) is 9.58. The highest BCUT2D eigenvalue weighted by molar-refractivity contribution is 5.99. The largest absolute Gasteiger partial charge is 0.493 e. The lowest BCUT2D eigenvalue weighted by atomic mass is 10.1. The van der Waals surface area contributed by atoms with Gasteiger partial charge in [-0.25, -0.2) is 0 Å². The van der Waals surface area contributed by atoms with E-state index in [9.17, 15) is 4.79 Å². The van der Waals surface area contributed by atoms with Gasteiger partial charge in [-0.15, -0.1) is 0 Å². The highest BCUT2D eigenvalue weighted by Gasteiger charge is 2.16. The van der Waals surface area contributed by atoms with Crippen LogP contribution in [0.3, 0.4) is 0 Å². The van der Waals surface area contributed by atoms with Crippen LogP contribution in [0.2, 0.25) is 0 Å². The molecule has 0 atom stereocenters. The van der Waals surface area contributed by atoms with Crippen molar-refractivity contribution in [1.82, 2.24) is 0 Å². The molecule has 4 nitrogen and oxygen atoms in total. The summed E-state index contributed by atoms with van der Waals surface area (Å²) in [5, 5.41) is 0.815. The van der Waals surface area contributed by atoms with Crippen molar-refractivity contribution in [3.63, 3.8) is 0 Å². The number of hydrogen-bond acceptors (Lipinski definition) is 4. The summed E-state index contributed by atoms with van der Waals surface area (Å²) in [6.07, 6.45) is 2.23. The number of methoxy groups -OCH3 is 2. The van der Waals surface area contributed by atoms with Gasteiger partial charge in [0.05, 0.1) is 20.5 Å². The fourth-order valence-corrected chi connectivity index (χ4v) is 1.56. The Morgan fingerprint density at radius 3 is 2.73 bits per heavy atom. The second kappa shape index (κ2) is 3.65. The average molecular weight is 206 g/mol. The normalized spacial score (nSPS) is 10.3. The second-order valence-electron chi connectivity index (χ2n) is 2.98. The predicted molar refractivity (Wildman–Crippen MR) is 54.7 cm³/mol. The van der Waals surface area contributed by atoms with Crippen molar-refractivity contribution < 1.29 is 18.7 Å². The predicted octanol–water partition coefficient (Wildman–Crippen LogP) is 2.26. The van der Waals surface area contributed by atoms with Crippen molar-refractivity contribution in [3.05, 3.63) is 24.0 Å². The first-order chi connectivity index (χ1) is 7.31. The Morgan fingerprint density at radius 2 is 2.13 bits per heavy atom. The molecule has 0 radical (unpaired) electrons. The summed E-state index contributed by atoms with van der Waals surface area (Å²) in [6.45, 7) is 0. The standard InChI is InChI=1S/C11H10O4/c1-13-9-5-7-3-4-15-10(7)8(6-12)11(9)14-2/h3-6H,1-2H3. The molecule has 1 aromatic heterocycles. The maximum Gasteiger partial charge on any atom is 0.175 e. The van der Waals surface area contributed by atoms with Crippen molar-refractivity contribution in [1.29, 1.82) is 0 Å². The molecule has 0 fully saturated rings. The van der Waals surface area contributed by atoms with E-state index in [-0.39, 0.29) is 0 Å². The van der Waals surface area contributed by atoms with E-state index in [2.05, 4.69) is 0 Å². The maximum absolute atomic E-state index is 11.0. The Balaban J connectivity index is 2.84. The summed E-state index contributed by atoms with van der Waals surface area (Å²) in [7, 11) is 3.01. The number of carbonyl (C=O) groups excluding carboxylic acids is 1. The van der Waals surface area contributed by atoms with Crippen LogP contribution in [0.1, 0.15) is 10.4 Å². The molecule has 2 rings (SSSR count). The van der Waals surface area contributed by atoms with Gasteiger partial charge in [-0.2, -0.15) is 0 Å². The molecule has 0 saturated carbocycles. The fraction of sp³-hybridized carbons (Fsp3) is 0.182. The lowest BCUT2D eigenvalue weighted by molar-refractivity contribution is 0.112. The average Bonchev–Trinajstić information content (AvgIpc) is 2.73. The third kappa shape index (κ3) is 1.34. The zero-order chi connectivity index (χ0) is 10.8. The molecule has 0 bridgehead atoms. The Hall–Kier alpha value is -1.97. The van der Waals surface area contributed by atoms with Crippen molar-refractivity contribution in [3.8, 4) is 11.5 Å². The van der Waals surface area contributed by atoms with E-state index in [0.717, 1.165) is 5.39 Å². The zero-order valence-corrected chi connectivity index (χ0v) is 8.44. The molecule has 0 saturated heterocycles. The molecule has 1 aromatic carbocycles. The summed E-state index contributed by atoms with van der Waals surface area (Å²) in [6, 6.07) is 3.54. The molecule has 15 heavy (non-hydrogen) atoms. The third-order valence-electron chi connectivity index (χ3n) is 2.24. The molecule has 78 valence electrons. The van der Waals surface area contributed by atoms with Crippen LogP contribution in [0.25, 0.3) is 11.0 Å². The number of hydrogen-bond donors (Lipinski definition) is 0. The van der Waals surface area contributed by atoms with Gasteiger partial charge in [0.2, 0.25) is 0 Å². The quantitative estimate of drug-likeness (QED) is 0.723. The molecule has 1 heterocycles. The number of furan rings is 1. The van der Waals surface area contributed by atoms with Gasteiger partial charge in [-0.3, -0.25) is 4.79 Å². The van der Waals surface area contributed by atoms with Gasteiger partial charge >= 0.3 is 0 Å². The molecule has 0 unspecified atom stereocenters. The van der Waals surface area contributed by atoms with Gasteiger partial charge in [0.25, 0.3) is 0 Å². The van der Waals surface area contributed by atoms with Crippen LogP contribution in [-0.4, -0.2) is 20.5 Å². The van der Waals surface area contributed by atoms with Crippen LogP contribution >= 0.6 is 0 Å². The van der Waals surface area contributed by atoms with Gasteiger partial charge in [0.1, 0.15) is 11.1 Å². The summed E-state index contributed by atoms with van der Waals surface area (Å²) in [5.74, 6) is 0.920. The molecule has 4 heteroatoms. The van der Waals surface area contributed by atoms with Crippen LogP contribution < -0.4 is 9.47 Å². The summed E-state index contributed by atoms with van der Waals surface area (Å²) < 4.78 is 15.5. The number of benzene rings is 1. The number of fused-ring (bicyclic) bond motifs is 1. The molecule has 0 spiro atoms. The van der Waals surface area contributed by atoms with E-state index in [0.29, 0.717) is 28.9 Å². The van der Waals surface area contributed by atoms with E-state index in [1.54, 1.807) is 12.1 Å². The summed E-state index contributed by atoms with van der Waals surface area (Å²) >= 11 is 0. The molecule has 0 aliphatic carbocycles. The smallest absolute Gasteiger partial charge is 0.175 e. The molecular formula is C11H10O4. The van der Waals surface area contributed by atoms with Crippen molar-refractivity contribution in [2.75, 3.05) is 14.2 Å². The number of carbonyl (C=O) groups is 1. The van der Waals surface area contributed by atoms with Crippen molar-refractivity contribution >= 4 is 17.3 Å². The van der Waals surface area contributed by atoms with Gasteiger partial charge in [-0.1, -0.05) is 0 Å². The Bertz CT molecular complexity index is 499. The molecule has 0 aliphatic rings. The summed E-state index contributed by atoms with van der Waals surface area (Å²) in [4.78, 5) is 11.0. The second-order valence-corrected chi connectivity index (χ2v) is 2.98. The zero-order valence-electron chi connectivity index (χ0n) is 8.44. The van der Waals surface area contributed by atoms with Crippen LogP contribution in [0.4, 0.5) is 0 Å². The van der Waals surface area contributed by atoms with Gasteiger partial charge in [-0.05, 0) is 12.1 Å². The van der Waals surface area contributed by atoms with E-state index in [1.165, 1.54) is 20.5 Å². The lowest BCUT2D eigenvalue weighted by Crippen LogP contribution is -1.95. The lowest BCUT2D eigenvalue weighted by Gasteiger charge is -2.09.